The number of carbonyl (C=O) groups is 1. The summed E-state index contributed by atoms with van der Waals surface area (Å²) in [5.74, 6) is -0.163. The Balaban J connectivity index is 1.85. The van der Waals surface area contributed by atoms with Crippen LogP contribution in [0, 0.1) is 10.1 Å². The predicted molar refractivity (Wildman–Crippen MR) is 96.3 cm³/mol. The normalized spacial score (nSPS) is 15.2. The maximum atomic E-state index is 12.6. The minimum absolute atomic E-state index is 0.0126. The van der Waals surface area contributed by atoms with E-state index in [0.29, 0.717) is 17.8 Å². The molecule has 3 rings (SSSR count). The topological polar surface area (TPSA) is 88.2 Å². The molecule has 0 radical (unpaired) electrons. The zero-order valence-corrected chi connectivity index (χ0v) is 13.6. The van der Waals surface area contributed by atoms with Crippen LogP contribution in [0.5, 0.6) is 0 Å². The summed E-state index contributed by atoms with van der Waals surface area (Å²) >= 11 is 0. The van der Waals surface area contributed by atoms with Crippen LogP contribution in [0.4, 0.5) is 11.4 Å². The van der Waals surface area contributed by atoms with Gasteiger partial charge in [-0.1, -0.05) is 25.1 Å². The van der Waals surface area contributed by atoms with Gasteiger partial charge in [0.05, 0.1) is 16.8 Å². The lowest BCUT2D eigenvalue weighted by Gasteiger charge is -2.14. The number of fused-ring (bicyclic) bond motifs is 1. The highest BCUT2D eigenvalue weighted by Gasteiger charge is 2.33. The smallest absolute Gasteiger partial charge is 0.279 e. The highest BCUT2D eigenvalue weighted by molar-refractivity contribution is 6.54. The van der Waals surface area contributed by atoms with Crippen LogP contribution in [-0.2, 0) is 4.79 Å². The van der Waals surface area contributed by atoms with E-state index in [1.54, 1.807) is 17.0 Å². The molecule has 1 aliphatic heterocycles. The minimum Gasteiger partial charge on any atom is -0.306 e. The maximum Gasteiger partial charge on any atom is 0.279 e. The van der Waals surface area contributed by atoms with E-state index in [9.17, 15) is 14.9 Å². The molecule has 0 atom stereocenters. The number of nitro groups is 1. The molecule has 0 unspecified atom stereocenters. The molecule has 1 amide bonds. The summed E-state index contributed by atoms with van der Waals surface area (Å²) in [6, 6.07) is 13.4. The first-order chi connectivity index (χ1) is 12.1. The average Bonchev–Trinajstić information content (AvgIpc) is 2.88. The van der Waals surface area contributed by atoms with Gasteiger partial charge in [0.15, 0.2) is 5.71 Å². The van der Waals surface area contributed by atoms with Gasteiger partial charge in [0.25, 0.3) is 11.6 Å². The van der Waals surface area contributed by atoms with Crippen molar-refractivity contribution in [2.45, 2.75) is 13.3 Å². The Morgan fingerprint density at radius 1 is 1.16 bits per heavy atom. The SMILES string of the molecule is CCCN1C(=O)/C(=N/N=C\c2ccc([N+](=O)[O-])cc2)c2ccccc21. The zero-order chi connectivity index (χ0) is 17.8. The molecule has 126 valence electrons. The van der Waals surface area contributed by atoms with E-state index in [0.717, 1.165) is 17.7 Å². The van der Waals surface area contributed by atoms with Crippen molar-refractivity contribution in [3.63, 3.8) is 0 Å². The monoisotopic (exact) mass is 336 g/mol. The van der Waals surface area contributed by atoms with Gasteiger partial charge in [0.1, 0.15) is 0 Å². The lowest BCUT2D eigenvalue weighted by molar-refractivity contribution is -0.384. The largest absolute Gasteiger partial charge is 0.306 e. The molecule has 0 aromatic heterocycles. The van der Waals surface area contributed by atoms with Gasteiger partial charge in [-0.2, -0.15) is 5.10 Å². The first-order valence-corrected chi connectivity index (χ1v) is 7.88. The third-order valence-electron chi connectivity index (χ3n) is 3.81. The Labute approximate surface area is 144 Å². The van der Waals surface area contributed by atoms with Crippen LogP contribution in [0.15, 0.2) is 58.7 Å². The van der Waals surface area contributed by atoms with Crippen molar-refractivity contribution < 1.29 is 9.72 Å². The van der Waals surface area contributed by atoms with E-state index in [4.69, 9.17) is 0 Å². The number of benzene rings is 2. The van der Waals surface area contributed by atoms with E-state index < -0.39 is 4.92 Å². The van der Waals surface area contributed by atoms with Crippen LogP contribution >= 0.6 is 0 Å². The molecule has 0 N–H and O–H groups in total. The third-order valence-corrected chi connectivity index (χ3v) is 3.81. The second-order valence-corrected chi connectivity index (χ2v) is 5.52. The summed E-state index contributed by atoms with van der Waals surface area (Å²) < 4.78 is 0. The van der Waals surface area contributed by atoms with Crippen LogP contribution in [0.25, 0.3) is 0 Å². The maximum absolute atomic E-state index is 12.6. The van der Waals surface area contributed by atoms with Gasteiger partial charge in [-0.3, -0.25) is 14.9 Å². The van der Waals surface area contributed by atoms with Crippen molar-refractivity contribution in [2.24, 2.45) is 10.2 Å². The first kappa shape index (κ1) is 16.5. The van der Waals surface area contributed by atoms with Crippen LogP contribution in [-0.4, -0.2) is 29.3 Å². The van der Waals surface area contributed by atoms with Gasteiger partial charge < -0.3 is 4.90 Å². The van der Waals surface area contributed by atoms with Gasteiger partial charge in [0.2, 0.25) is 0 Å². The molecule has 0 bridgehead atoms. The summed E-state index contributed by atoms with van der Waals surface area (Å²) in [6.07, 6.45) is 2.31. The highest BCUT2D eigenvalue weighted by atomic mass is 16.6. The number of amides is 1. The van der Waals surface area contributed by atoms with Crippen LogP contribution in [0.1, 0.15) is 24.5 Å². The number of carbonyl (C=O) groups excluding carboxylic acids is 1. The van der Waals surface area contributed by atoms with Crippen molar-refractivity contribution >= 4 is 29.2 Å². The number of anilines is 1. The molecule has 0 fully saturated rings. The second kappa shape index (κ2) is 7.04. The number of hydrogen-bond acceptors (Lipinski definition) is 5. The lowest BCUT2D eigenvalue weighted by atomic mass is 10.1. The molecular formula is C18H16N4O3. The Bertz CT molecular complexity index is 872. The van der Waals surface area contributed by atoms with E-state index in [-0.39, 0.29) is 11.6 Å². The van der Waals surface area contributed by atoms with Gasteiger partial charge >= 0.3 is 0 Å². The first-order valence-electron chi connectivity index (χ1n) is 7.88. The van der Waals surface area contributed by atoms with E-state index in [1.165, 1.54) is 18.3 Å². The van der Waals surface area contributed by atoms with Crippen molar-refractivity contribution in [3.8, 4) is 0 Å². The molecule has 7 heteroatoms. The fourth-order valence-corrected chi connectivity index (χ4v) is 2.64. The number of non-ortho nitro benzene ring substituents is 1. The predicted octanol–water partition coefficient (Wildman–Crippen LogP) is 3.17. The van der Waals surface area contributed by atoms with Crippen molar-refractivity contribution in [1.82, 2.24) is 0 Å². The number of nitrogens with zero attached hydrogens (tertiary/aromatic N) is 4. The fraction of sp³-hybridized carbons (Fsp3) is 0.167. The molecule has 0 spiro atoms. The Hall–Kier alpha value is -3.35. The molecule has 1 heterocycles. The number of nitro benzene ring substituents is 1. The van der Waals surface area contributed by atoms with Crippen LogP contribution < -0.4 is 4.90 Å². The fourth-order valence-electron chi connectivity index (χ4n) is 2.64. The summed E-state index contributed by atoms with van der Waals surface area (Å²) in [4.78, 5) is 24.4. The Morgan fingerprint density at radius 3 is 2.56 bits per heavy atom. The van der Waals surface area contributed by atoms with Gasteiger partial charge in [-0.15, -0.1) is 5.10 Å². The second-order valence-electron chi connectivity index (χ2n) is 5.52. The molecule has 2 aromatic carbocycles. The molecule has 0 aliphatic carbocycles. The molecule has 1 aliphatic rings. The highest BCUT2D eigenvalue weighted by Crippen LogP contribution is 2.29. The molecule has 0 saturated heterocycles. The molecule has 2 aromatic rings. The minimum atomic E-state index is -0.461. The lowest BCUT2D eigenvalue weighted by Crippen LogP contribution is -2.30. The Kier molecular flexibility index (Phi) is 4.65. The molecule has 0 saturated carbocycles. The quantitative estimate of drug-likeness (QED) is 0.477. The number of hydrogen-bond donors (Lipinski definition) is 0. The summed E-state index contributed by atoms with van der Waals surface area (Å²) in [6.45, 7) is 2.64. The zero-order valence-electron chi connectivity index (χ0n) is 13.6. The summed E-state index contributed by atoms with van der Waals surface area (Å²) in [5.41, 5.74) is 2.60. The molecule has 7 nitrogen and oxygen atoms in total. The van der Waals surface area contributed by atoms with E-state index in [2.05, 4.69) is 10.2 Å². The third kappa shape index (κ3) is 3.30. The number of rotatable bonds is 5. The number of para-hydroxylation sites is 1. The summed E-state index contributed by atoms with van der Waals surface area (Å²) in [5, 5.41) is 18.7. The molecule has 25 heavy (non-hydrogen) atoms. The van der Waals surface area contributed by atoms with Crippen molar-refractivity contribution in [3.05, 3.63) is 69.8 Å². The van der Waals surface area contributed by atoms with Gasteiger partial charge in [-0.25, -0.2) is 0 Å². The van der Waals surface area contributed by atoms with Crippen LogP contribution in [0.3, 0.4) is 0 Å². The standard InChI is InChI=1S/C18H16N4O3/c1-2-11-21-16-6-4-3-5-15(16)17(18(21)23)20-19-12-13-7-9-14(10-8-13)22(24)25/h3-10,12H,2,11H2,1H3/b19-12-,20-17+. The molecular weight excluding hydrogens is 320 g/mol. The van der Waals surface area contributed by atoms with Crippen molar-refractivity contribution in [2.75, 3.05) is 11.4 Å². The van der Waals surface area contributed by atoms with Crippen LogP contribution in [0.2, 0.25) is 0 Å². The van der Waals surface area contributed by atoms with E-state index >= 15 is 0 Å². The average molecular weight is 336 g/mol. The Morgan fingerprint density at radius 2 is 1.88 bits per heavy atom. The summed E-state index contributed by atoms with van der Waals surface area (Å²) in [7, 11) is 0. The van der Waals surface area contributed by atoms with Gasteiger partial charge in [0, 0.05) is 24.2 Å². The van der Waals surface area contributed by atoms with E-state index in [1.807, 2.05) is 31.2 Å². The van der Waals surface area contributed by atoms with Crippen molar-refractivity contribution in [1.29, 1.82) is 0 Å². The van der Waals surface area contributed by atoms with Gasteiger partial charge in [-0.05, 0) is 30.2 Å².